The molecule has 3 rings (SSSR count). The quantitative estimate of drug-likeness (QED) is 0.764. The van der Waals surface area contributed by atoms with E-state index in [1.165, 1.54) is 23.3 Å². The van der Waals surface area contributed by atoms with Gasteiger partial charge in [-0.2, -0.15) is 0 Å². The lowest BCUT2D eigenvalue weighted by Crippen LogP contribution is -2.09. The zero-order valence-corrected chi connectivity index (χ0v) is 11.2. The Morgan fingerprint density at radius 1 is 1.00 bits per heavy atom. The molecular weight excluding hydrogens is 237 g/mol. The number of rotatable bonds is 2. The minimum absolute atomic E-state index is 0.161. The van der Waals surface area contributed by atoms with Gasteiger partial charge in [0.05, 0.1) is 5.54 Å². The monoisotopic (exact) mass is 253 g/mol. The molecule has 0 amide bonds. The molecule has 0 fully saturated rings. The van der Waals surface area contributed by atoms with Crippen LogP contribution in [0.2, 0.25) is 0 Å². The first-order valence-corrected chi connectivity index (χ1v) is 6.49. The zero-order chi connectivity index (χ0) is 13.5. The molecule has 1 heterocycles. The molecule has 2 aromatic rings. The average Bonchev–Trinajstić information content (AvgIpc) is 2.65. The predicted molar refractivity (Wildman–Crippen MR) is 76.1 cm³/mol. The van der Waals surface area contributed by atoms with Gasteiger partial charge in [0.1, 0.15) is 5.82 Å². The molecule has 0 radical (unpaired) electrons. The van der Waals surface area contributed by atoms with Crippen LogP contribution in [-0.4, -0.2) is 5.71 Å². The van der Waals surface area contributed by atoms with E-state index in [1.54, 1.807) is 0 Å². The van der Waals surface area contributed by atoms with Crippen molar-refractivity contribution in [2.45, 2.75) is 25.8 Å². The summed E-state index contributed by atoms with van der Waals surface area (Å²) in [6.07, 6.45) is 0.751. The van der Waals surface area contributed by atoms with E-state index in [1.807, 2.05) is 18.2 Å². The molecule has 0 aromatic heterocycles. The standard InChI is InChI=1S/C17H16FN/c1-17(2)15-6-4-3-5-14(15)16(19-17)11-12-7-9-13(18)10-8-12/h3-10H,11H2,1-2H3. The van der Waals surface area contributed by atoms with Gasteiger partial charge in [0.25, 0.3) is 0 Å². The molecule has 1 aliphatic rings. The molecule has 19 heavy (non-hydrogen) atoms. The fraction of sp³-hybridized carbons (Fsp3) is 0.235. The van der Waals surface area contributed by atoms with Gasteiger partial charge < -0.3 is 0 Å². The number of halogens is 1. The van der Waals surface area contributed by atoms with E-state index in [-0.39, 0.29) is 11.4 Å². The fourth-order valence-electron chi connectivity index (χ4n) is 2.66. The number of fused-ring (bicyclic) bond motifs is 1. The molecule has 0 spiro atoms. The smallest absolute Gasteiger partial charge is 0.123 e. The van der Waals surface area contributed by atoms with Gasteiger partial charge in [-0.1, -0.05) is 36.4 Å². The predicted octanol–water partition coefficient (Wildman–Crippen LogP) is 4.11. The van der Waals surface area contributed by atoms with Crippen molar-refractivity contribution in [1.82, 2.24) is 0 Å². The highest BCUT2D eigenvalue weighted by molar-refractivity contribution is 6.05. The van der Waals surface area contributed by atoms with E-state index < -0.39 is 0 Å². The second kappa shape index (κ2) is 4.30. The van der Waals surface area contributed by atoms with Gasteiger partial charge in [0.15, 0.2) is 0 Å². The second-order valence-electron chi connectivity index (χ2n) is 5.47. The Morgan fingerprint density at radius 2 is 1.68 bits per heavy atom. The van der Waals surface area contributed by atoms with Gasteiger partial charge in [-0.15, -0.1) is 0 Å². The molecule has 2 aromatic carbocycles. The Hall–Kier alpha value is -1.96. The van der Waals surface area contributed by atoms with E-state index in [0.29, 0.717) is 0 Å². The molecule has 0 N–H and O–H groups in total. The van der Waals surface area contributed by atoms with Crippen molar-refractivity contribution < 1.29 is 4.39 Å². The minimum atomic E-state index is -0.196. The minimum Gasteiger partial charge on any atom is -0.278 e. The third-order valence-corrected chi connectivity index (χ3v) is 3.60. The number of hydrogen-bond donors (Lipinski definition) is 0. The summed E-state index contributed by atoms with van der Waals surface area (Å²) in [6, 6.07) is 15.0. The zero-order valence-electron chi connectivity index (χ0n) is 11.2. The van der Waals surface area contributed by atoms with Crippen molar-refractivity contribution in [1.29, 1.82) is 0 Å². The first-order chi connectivity index (χ1) is 9.06. The molecule has 0 unspecified atom stereocenters. The molecule has 0 saturated carbocycles. The van der Waals surface area contributed by atoms with Gasteiger partial charge >= 0.3 is 0 Å². The van der Waals surface area contributed by atoms with Crippen LogP contribution in [-0.2, 0) is 12.0 Å². The maximum Gasteiger partial charge on any atom is 0.123 e. The summed E-state index contributed by atoms with van der Waals surface area (Å²) in [5.41, 5.74) is 4.51. The molecule has 1 nitrogen and oxygen atoms in total. The van der Waals surface area contributed by atoms with Crippen molar-refractivity contribution in [2.24, 2.45) is 4.99 Å². The van der Waals surface area contributed by atoms with Gasteiger partial charge in [-0.3, -0.25) is 4.99 Å². The molecule has 0 atom stereocenters. The molecule has 2 heteroatoms. The first kappa shape index (κ1) is 12.1. The molecule has 0 bridgehead atoms. The molecule has 0 saturated heterocycles. The van der Waals surface area contributed by atoms with Crippen LogP contribution in [0.3, 0.4) is 0 Å². The van der Waals surface area contributed by atoms with E-state index in [9.17, 15) is 4.39 Å². The van der Waals surface area contributed by atoms with Crippen LogP contribution < -0.4 is 0 Å². The van der Waals surface area contributed by atoms with Gasteiger partial charge in [-0.05, 0) is 37.1 Å². The van der Waals surface area contributed by atoms with Crippen LogP contribution in [0.25, 0.3) is 0 Å². The summed E-state index contributed by atoms with van der Waals surface area (Å²) in [5.74, 6) is -0.196. The molecule has 1 aliphatic heterocycles. The molecule has 0 aliphatic carbocycles. The SMILES string of the molecule is CC1(C)N=C(Cc2ccc(F)cc2)c2ccccc21. The number of hydrogen-bond acceptors (Lipinski definition) is 1. The van der Waals surface area contributed by atoms with E-state index >= 15 is 0 Å². The number of nitrogens with zero attached hydrogens (tertiary/aromatic N) is 1. The maximum atomic E-state index is 12.9. The Labute approximate surface area is 112 Å². The van der Waals surface area contributed by atoms with Crippen LogP contribution >= 0.6 is 0 Å². The van der Waals surface area contributed by atoms with E-state index in [2.05, 4.69) is 32.0 Å². The highest BCUT2D eigenvalue weighted by Crippen LogP contribution is 2.35. The summed E-state index contributed by atoms with van der Waals surface area (Å²) in [6.45, 7) is 4.26. The van der Waals surface area contributed by atoms with Crippen molar-refractivity contribution >= 4 is 5.71 Å². The third-order valence-electron chi connectivity index (χ3n) is 3.60. The second-order valence-corrected chi connectivity index (χ2v) is 5.47. The summed E-state index contributed by atoms with van der Waals surface area (Å²) in [4.78, 5) is 4.83. The van der Waals surface area contributed by atoms with Crippen molar-refractivity contribution in [2.75, 3.05) is 0 Å². The molecule has 96 valence electrons. The van der Waals surface area contributed by atoms with Gasteiger partial charge in [-0.25, -0.2) is 4.39 Å². The lowest BCUT2D eigenvalue weighted by atomic mass is 9.92. The number of benzene rings is 2. The third kappa shape index (κ3) is 2.19. The van der Waals surface area contributed by atoms with Crippen molar-refractivity contribution in [3.8, 4) is 0 Å². The fourth-order valence-corrected chi connectivity index (χ4v) is 2.66. The largest absolute Gasteiger partial charge is 0.278 e. The summed E-state index contributed by atoms with van der Waals surface area (Å²) < 4.78 is 12.9. The highest BCUT2D eigenvalue weighted by Gasteiger charge is 2.30. The average molecular weight is 253 g/mol. The highest BCUT2D eigenvalue weighted by atomic mass is 19.1. The Kier molecular flexibility index (Phi) is 2.74. The lowest BCUT2D eigenvalue weighted by Gasteiger charge is -2.15. The van der Waals surface area contributed by atoms with Crippen molar-refractivity contribution in [3.63, 3.8) is 0 Å². The molecular formula is C17H16FN. The Balaban J connectivity index is 1.96. The van der Waals surface area contributed by atoms with E-state index in [4.69, 9.17) is 4.99 Å². The lowest BCUT2D eigenvalue weighted by molar-refractivity contribution is 0.571. The Bertz CT molecular complexity index is 639. The van der Waals surface area contributed by atoms with Gasteiger partial charge in [0.2, 0.25) is 0 Å². The first-order valence-electron chi connectivity index (χ1n) is 6.49. The summed E-state index contributed by atoms with van der Waals surface area (Å²) in [5, 5.41) is 0. The van der Waals surface area contributed by atoms with Crippen LogP contribution in [0.5, 0.6) is 0 Å². The van der Waals surface area contributed by atoms with Gasteiger partial charge in [0, 0.05) is 17.7 Å². The van der Waals surface area contributed by atoms with E-state index in [0.717, 1.165) is 17.7 Å². The summed E-state index contributed by atoms with van der Waals surface area (Å²) in [7, 11) is 0. The Morgan fingerprint density at radius 3 is 2.42 bits per heavy atom. The topological polar surface area (TPSA) is 12.4 Å². The number of aliphatic imine (C=N–C) groups is 1. The van der Waals surface area contributed by atoms with Crippen LogP contribution in [0.1, 0.15) is 30.5 Å². The van der Waals surface area contributed by atoms with Crippen LogP contribution in [0.15, 0.2) is 53.5 Å². The summed E-state index contributed by atoms with van der Waals surface area (Å²) >= 11 is 0. The van der Waals surface area contributed by atoms with Crippen LogP contribution in [0, 0.1) is 5.82 Å². The van der Waals surface area contributed by atoms with Crippen LogP contribution in [0.4, 0.5) is 4.39 Å². The van der Waals surface area contributed by atoms with Crippen molar-refractivity contribution in [3.05, 3.63) is 71.0 Å². The normalized spacial score (nSPS) is 16.1. The maximum absolute atomic E-state index is 12.9.